The average molecular weight is 395 g/mol. The van der Waals surface area contributed by atoms with Gasteiger partial charge in [-0.05, 0) is 55.2 Å². The molecule has 1 aromatic carbocycles. The lowest BCUT2D eigenvalue weighted by Crippen LogP contribution is -2.14. The van der Waals surface area contributed by atoms with Crippen LogP contribution in [0.1, 0.15) is 106 Å². The van der Waals surface area contributed by atoms with Crippen LogP contribution >= 0.6 is 0 Å². The van der Waals surface area contributed by atoms with Crippen molar-refractivity contribution in [3.63, 3.8) is 0 Å². The molecular formula is C24H36F2O2. The molecule has 0 saturated heterocycles. The van der Waals surface area contributed by atoms with Crippen LogP contribution in [0.5, 0.6) is 0 Å². The third-order valence-corrected chi connectivity index (χ3v) is 6.02. The first-order chi connectivity index (χ1) is 13.6. The van der Waals surface area contributed by atoms with E-state index in [1.165, 1.54) is 82.6 Å². The Morgan fingerprint density at radius 3 is 2.18 bits per heavy atom. The highest BCUT2D eigenvalue weighted by molar-refractivity contribution is 5.89. The highest BCUT2D eigenvalue weighted by Crippen LogP contribution is 2.37. The van der Waals surface area contributed by atoms with E-state index in [1.54, 1.807) is 12.1 Å². The molecule has 2 rings (SSSR count). The van der Waals surface area contributed by atoms with E-state index in [9.17, 15) is 13.6 Å². The van der Waals surface area contributed by atoms with Gasteiger partial charge < -0.3 is 4.74 Å². The molecule has 28 heavy (non-hydrogen) atoms. The minimum absolute atomic E-state index is 0.344. The lowest BCUT2D eigenvalue weighted by molar-refractivity contribution is 0.0160. The van der Waals surface area contributed by atoms with Crippen LogP contribution in [0.4, 0.5) is 8.78 Å². The zero-order valence-corrected chi connectivity index (χ0v) is 17.3. The Kier molecular flexibility index (Phi) is 10.5. The van der Waals surface area contributed by atoms with Gasteiger partial charge in [-0.25, -0.2) is 13.6 Å². The van der Waals surface area contributed by atoms with Crippen LogP contribution in [0.3, 0.4) is 0 Å². The first-order valence-corrected chi connectivity index (χ1v) is 11.1. The van der Waals surface area contributed by atoms with Gasteiger partial charge in [-0.15, -0.1) is 0 Å². The van der Waals surface area contributed by atoms with E-state index in [-0.39, 0.29) is 0 Å². The number of ether oxygens (including phenoxy) is 1. The molecule has 1 saturated carbocycles. The summed E-state index contributed by atoms with van der Waals surface area (Å²) in [5.74, 6) is 0.747. The zero-order valence-electron chi connectivity index (χ0n) is 17.3. The fraction of sp³-hybridized carbons (Fsp3) is 0.708. The minimum atomic E-state index is -2.63. The van der Waals surface area contributed by atoms with Crippen LogP contribution in [0.25, 0.3) is 0 Å². The van der Waals surface area contributed by atoms with Crippen molar-refractivity contribution in [2.75, 3.05) is 6.61 Å². The number of halogens is 2. The van der Waals surface area contributed by atoms with Crippen LogP contribution in [0, 0.1) is 5.92 Å². The van der Waals surface area contributed by atoms with Crippen molar-refractivity contribution in [2.24, 2.45) is 5.92 Å². The normalized spacial score (nSPS) is 19.7. The summed E-state index contributed by atoms with van der Waals surface area (Å²) in [6.45, 7) is 1.42. The van der Waals surface area contributed by atoms with E-state index < -0.39 is 19.0 Å². The maximum atomic E-state index is 12.1. The maximum Gasteiger partial charge on any atom is 0.338 e. The number of esters is 1. The predicted molar refractivity (Wildman–Crippen MR) is 110 cm³/mol. The van der Waals surface area contributed by atoms with E-state index >= 15 is 0 Å². The van der Waals surface area contributed by atoms with Crippen molar-refractivity contribution in [1.29, 1.82) is 0 Å². The van der Waals surface area contributed by atoms with E-state index in [0.29, 0.717) is 11.5 Å². The highest BCUT2D eigenvalue weighted by atomic mass is 19.3. The fourth-order valence-electron chi connectivity index (χ4n) is 4.29. The molecule has 0 aliphatic heterocycles. The van der Waals surface area contributed by atoms with Gasteiger partial charge in [-0.3, -0.25) is 0 Å². The van der Waals surface area contributed by atoms with Crippen LogP contribution in [-0.2, 0) is 4.74 Å². The average Bonchev–Trinajstić information content (AvgIpc) is 2.72. The second-order valence-electron chi connectivity index (χ2n) is 8.24. The van der Waals surface area contributed by atoms with Gasteiger partial charge in [0.15, 0.2) is 6.61 Å². The Morgan fingerprint density at radius 2 is 1.57 bits per heavy atom. The van der Waals surface area contributed by atoms with Crippen molar-refractivity contribution in [1.82, 2.24) is 0 Å². The van der Waals surface area contributed by atoms with Crippen LogP contribution in [0.2, 0.25) is 0 Å². The number of hydrogen-bond donors (Lipinski definition) is 0. The summed E-state index contributed by atoms with van der Waals surface area (Å²) in [6, 6.07) is 7.32. The molecule has 1 fully saturated rings. The topological polar surface area (TPSA) is 26.3 Å². The van der Waals surface area contributed by atoms with Crippen molar-refractivity contribution >= 4 is 5.97 Å². The third kappa shape index (κ3) is 8.28. The third-order valence-electron chi connectivity index (χ3n) is 6.02. The number of rotatable bonds is 12. The Bertz CT molecular complexity index is 548. The fourth-order valence-corrected chi connectivity index (χ4v) is 4.29. The second kappa shape index (κ2) is 12.9. The summed E-state index contributed by atoms with van der Waals surface area (Å²) >= 11 is 0. The Labute approximate surface area is 169 Å². The van der Waals surface area contributed by atoms with Crippen LogP contribution in [-0.4, -0.2) is 19.0 Å². The van der Waals surface area contributed by atoms with E-state index in [4.69, 9.17) is 0 Å². The molecule has 2 nitrogen and oxygen atoms in total. The molecule has 0 aromatic heterocycles. The Hall–Kier alpha value is -1.45. The summed E-state index contributed by atoms with van der Waals surface area (Å²) in [4.78, 5) is 11.7. The van der Waals surface area contributed by atoms with Crippen molar-refractivity contribution < 1.29 is 18.3 Å². The number of benzene rings is 1. The van der Waals surface area contributed by atoms with E-state index in [2.05, 4.69) is 11.7 Å². The lowest BCUT2D eigenvalue weighted by atomic mass is 9.77. The number of alkyl halides is 2. The van der Waals surface area contributed by atoms with Crippen molar-refractivity contribution in [3.05, 3.63) is 35.4 Å². The molecule has 0 radical (unpaired) electrons. The maximum absolute atomic E-state index is 12.1. The number of carbonyl (C=O) groups excluding carboxylic acids is 1. The standard InChI is InChI=1S/C24H36F2O2/c1-2-3-4-5-6-7-8-9-19-10-12-20(13-11-19)21-14-16-22(17-15-21)24(27)28-18-23(25)26/h14-17,19-20,23H,2-13,18H2,1H3. The SMILES string of the molecule is CCCCCCCCCC1CCC(c2ccc(C(=O)OCC(F)F)cc2)CC1. The quantitative estimate of drug-likeness (QED) is 0.271. The Morgan fingerprint density at radius 1 is 0.964 bits per heavy atom. The zero-order chi connectivity index (χ0) is 20.2. The summed E-state index contributed by atoms with van der Waals surface area (Å²) in [6.07, 6.45) is 13.4. The van der Waals surface area contributed by atoms with Crippen molar-refractivity contribution in [2.45, 2.75) is 96.3 Å². The molecule has 0 bridgehead atoms. The number of carbonyl (C=O) groups is 1. The van der Waals surface area contributed by atoms with Gasteiger partial charge in [0, 0.05) is 0 Å². The molecule has 0 spiro atoms. The molecule has 0 atom stereocenters. The van der Waals surface area contributed by atoms with Gasteiger partial charge in [0.2, 0.25) is 0 Å². The first kappa shape index (κ1) is 22.8. The highest BCUT2D eigenvalue weighted by Gasteiger charge is 2.22. The predicted octanol–water partition coefficient (Wildman–Crippen LogP) is 7.52. The molecule has 158 valence electrons. The van der Waals surface area contributed by atoms with Crippen molar-refractivity contribution in [3.8, 4) is 0 Å². The molecule has 1 aliphatic rings. The van der Waals surface area contributed by atoms with Gasteiger partial charge in [0.25, 0.3) is 6.43 Å². The Balaban J connectivity index is 1.65. The number of unbranched alkanes of at least 4 members (excludes halogenated alkanes) is 6. The van der Waals surface area contributed by atoms with E-state index in [1.807, 2.05) is 12.1 Å². The first-order valence-electron chi connectivity index (χ1n) is 11.1. The molecule has 0 N–H and O–H groups in total. The summed E-state index contributed by atoms with van der Waals surface area (Å²) in [5.41, 5.74) is 1.59. The number of hydrogen-bond acceptors (Lipinski definition) is 2. The molecular weight excluding hydrogens is 358 g/mol. The molecule has 0 unspecified atom stereocenters. The van der Waals surface area contributed by atoms with Gasteiger partial charge in [-0.1, -0.05) is 70.4 Å². The van der Waals surface area contributed by atoms with Gasteiger partial charge >= 0.3 is 5.97 Å². The summed E-state index contributed by atoms with van der Waals surface area (Å²) in [7, 11) is 0. The largest absolute Gasteiger partial charge is 0.456 e. The minimum Gasteiger partial charge on any atom is -0.456 e. The van der Waals surface area contributed by atoms with Crippen LogP contribution in [0.15, 0.2) is 24.3 Å². The molecule has 0 heterocycles. The molecule has 1 aromatic rings. The lowest BCUT2D eigenvalue weighted by Gasteiger charge is -2.29. The van der Waals surface area contributed by atoms with Gasteiger partial charge in [0.05, 0.1) is 5.56 Å². The van der Waals surface area contributed by atoms with E-state index in [0.717, 1.165) is 5.92 Å². The summed E-state index contributed by atoms with van der Waals surface area (Å²) in [5, 5.41) is 0. The molecule has 4 heteroatoms. The van der Waals surface area contributed by atoms with Gasteiger partial charge in [-0.2, -0.15) is 0 Å². The van der Waals surface area contributed by atoms with Gasteiger partial charge in [0.1, 0.15) is 0 Å². The monoisotopic (exact) mass is 394 g/mol. The smallest absolute Gasteiger partial charge is 0.338 e. The second-order valence-corrected chi connectivity index (χ2v) is 8.24. The van der Waals surface area contributed by atoms with Crippen LogP contribution < -0.4 is 0 Å². The molecule has 1 aliphatic carbocycles. The molecule has 0 amide bonds. The summed E-state index contributed by atoms with van der Waals surface area (Å²) < 4.78 is 28.8.